The van der Waals surface area contributed by atoms with Gasteiger partial charge in [-0.2, -0.15) is 5.26 Å². The van der Waals surface area contributed by atoms with Gasteiger partial charge in [0.2, 0.25) is 0 Å². The van der Waals surface area contributed by atoms with Gasteiger partial charge in [0.1, 0.15) is 11.8 Å². The van der Waals surface area contributed by atoms with Crippen molar-refractivity contribution in [2.24, 2.45) is 0 Å². The summed E-state index contributed by atoms with van der Waals surface area (Å²) in [7, 11) is 0. The number of anilines is 1. The van der Waals surface area contributed by atoms with Crippen LogP contribution in [0.2, 0.25) is 0 Å². The lowest BCUT2D eigenvalue weighted by Gasteiger charge is -2.05. The van der Waals surface area contributed by atoms with Crippen molar-refractivity contribution in [1.29, 1.82) is 5.26 Å². The molecule has 2 rings (SSSR count). The van der Waals surface area contributed by atoms with Gasteiger partial charge >= 0.3 is 0 Å². The third-order valence-electron chi connectivity index (χ3n) is 2.69. The van der Waals surface area contributed by atoms with E-state index in [1.165, 1.54) is 25.3 Å². The Morgan fingerprint density at radius 3 is 2.45 bits per heavy atom. The first-order valence-electron chi connectivity index (χ1n) is 5.88. The molecule has 1 N–H and O–H groups in total. The van der Waals surface area contributed by atoms with Crippen molar-refractivity contribution in [2.45, 2.75) is 6.92 Å². The van der Waals surface area contributed by atoms with Crippen LogP contribution in [0.1, 0.15) is 33.3 Å². The molecular weight excluding hydrogens is 254 g/mol. The molecule has 1 aromatic carbocycles. The largest absolute Gasteiger partial charge is 0.322 e. The maximum atomic E-state index is 12.0. The van der Waals surface area contributed by atoms with Gasteiger partial charge in [-0.25, -0.2) is 4.98 Å². The van der Waals surface area contributed by atoms with E-state index in [0.29, 0.717) is 16.8 Å². The monoisotopic (exact) mass is 265 g/mol. The van der Waals surface area contributed by atoms with Crippen LogP contribution in [0.15, 0.2) is 42.6 Å². The Morgan fingerprint density at radius 1 is 1.15 bits per heavy atom. The molecule has 98 valence electrons. The second-order valence-electron chi connectivity index (χ2n) is 4.13. The second kappa shape index (κ2) is 5.76. The van der Waals surface area contributed by atoms with Gasteiger partial charge in [-0.3, -0.25) is 9.59 Å². The number of nitrogens with one attached hydrogen (secondary N) is 1. The maximum absolute atomic E-state index is 12.0. The minimum Gasteiger partial charge on any atom is -0.322 e. The molecular formula is C15H11N3O2. The molecule has 0 saturated heterocycles. The third-order valence-corrected chi connectivity index (χ3v) is 2.69. The molecule has 0 radical (unpaired) electrons. The molecule has 1 amide bonds. The first-order valence-corrected chi connectivity index (χ1v) is 5.88. The van der Waals surface area contributed by atoms with Crippen molar-refractivity contribution in [3.05, 3.63) is 59.4 Å². The molecule has 0 spiro atoms. The molecule has 20 heavy (non-hydrogen) atoms. The third kappa shape index (κ3) is 3.06. The van der Waals surface area contributed by atoms with Crippen LogP contribution >= 0.6 is 0 Å². The molecule has 0 fully saturated rings. The highest BCUT2D eigenvalue weighted by Gasteiger charge is 2.07. The summed E-state index contributed by atoms with van der Waals surface area (Å²) >= 11 is 0. The minimum atomic E-state index is -0.334. The standard InChI is InChI=1S/C15H11N3O2/c1-10(19)11-2-4-13(5-3-11)18-15(20)12-6-7-17-14(8-12)9-16/h2-8H,1H3,(H,18,20). The molecule has 0 aliphatic rings. The summed E-state index contributed by atoms with van der Waals surface area (Å²) in [5, 5.41) is 11.4. The molecule has 5 nitrogen and oxygen atoms in total. The highest BCUT2D eigenvalue weighted by molar-refractivity contribution is 6.04. The molecule has 5 heteroatoms. The van der Waals surface area contributed by atoms with Gasteiger partial charge in [-0.05, 0) is 43.3 Å². The number of nitrogens with zero attached hydrogens (tertiary/aromatic N) is 2. The Morgan fingerprint density at radius 2 is 1.85 bits per heavy atom. The predicted molar refractivity (Wildman–Crippen MR) is 73.4 cm³/mol. The molecule has 0 atom stereocenters. The van der Waals surface area contributed by atoms with Crippen LogP contribution in [0.4, 0.5) is 5.69 Å². The number of ketones is 1. The number of hydrogen-bond acceptors (Lipinski definition) is 4. The highest BCUT2D eigenvalue weighted by Crippen LogP contribution is 2.12. The number of Topliss-reactive ketones (excluding diaryl/α,β-unsaturated/α-hetero) is 1. The summed E-state index contributed by atoms with van der Waals surface area (Å²) in [6.45, 7) is 1.48. The number of carbonyl (C=O) groups is 2. The fourth-order valence-electron chi connectivity index (χ4n) is 1.62. The summed E-state index contributed by atoms with van der Waals surface area (Å²) in [6.07, 6.45) is 1.41. The second-order valence-corrected chi connectivity index (χ2v) is 4.13. The topological polar surface area (TPSA) is 82.8 Å². The zero-order valence-electron chi connectivity index (χ0n) is 10.8. The summed E-state index contributed by atoms with van der Waals surface area (Å²) < 4.78 is 0. The van der Waals surface area contributed by atoms with Gasteiger partial charge in [-0.15, -0.1) is 0 Å². The Bertz CT molecular complexity index is 700. The molecule has 2 aromatic rings. The number of nitriles is 1. The fraction of sp³-hybridized carbons (Fsp3) is 0.0667. The van der Waals surface area contributed by atoms with E-state index in [9.17, 15) is 9.59 Å². The Hall–Kier alpha value is -3.00. The van der Waals surface area contributed by atoms with Gasteiger partial charge in [0, 0.05) is 23.0 Å². The van der Waals surface area contributed by atoms with Crippen molar-refractivity contribution in [1.82, 2.24) is 4.98 Å². The van der Waals surface area contributed by atoms with E-state index in [0.717, 1.165) is 0 Å². The first-order chi connectivity index (χ1) is 9.60. The number of hydrogen-bond donors (Lipinski definition) is 1. The summed E-state index contributed by atoms with van der Waals surface area (Å²) in [5.41, 5.74) is 1.70. The molecule has 0 bridgehead atoms. The van der Waals surface area contributed by atoms with Crippen molar-refractivity contribution in [2.75, 3.05) is 5.32 Å². The van der Waals surface area contributed by atoms with E-state index >= 15 is 0 Å². The number of carbonyl (C=O) groups excluding carboxylic acids is 2. The van der Waals surface area contributed by atoms with Gasteiger partial charge in [0.15, 0.2) is 5.78 Å². The van der Waals surface area contributed by atoms with Crippen molar-refractivity contribution < 1.29 is 9.59 Å². The van der Waals surface area contributed by atoms with Crippen LogP contribution < -0.4 is 5.32 Å². The predicted octanol–water partition coefficient (Wildman–Crippen LogP) is 2.41. The SMILES string of the molecule is CC(=O)c1ccc(NC(=O)c2ccnc(C#N)c2)cc1. The van der Waals surface area contributed by atoms with E-state index in [2.05, 4.69) is 10.3 Å². The first kappa shape index (κ1) is 13.4. The average molecular weight is 265 g/mol. The van der Waals surface area contributed by atoms with E-state index in [1.807, 2.05) is 6.07 Å². The Balaban J connectivity index is 2.15. The number of pyridine rings is 1. The highest BCUT2D eigenvalue weighted by atomic mass is 16.1. The lowest BCUT2D eigenvalue weighted by Crippen LogP contribution is -2.12. The molecule has 0 aliphatic carbocycles. The van der Waals surface area contributed by atoms with Crippen LogP contribution in [0.5, 0.6) is 0 Å². The van der Waals surface area contributed by atoms with Crippen molar-refractivity contribution >= 4 is 17.4 Å². The minimum absolute atomic E-state index is 0.0318. The molecule has 0 unspecified atom stereocenters. The zero-order chi connectivity index (χ0) is 14.5. The van der Waals surface area contributed by atoms with Crippen molar-refractivity contribution in [3.63, 3.8) is 0 Å². The molecule has 0 saturated carbocycles. The number of benzene rings is 1. The Labute approximate surface area is 115 Å². The quantitative estimate of drug-likeness (QED) is 0.864. The average Bonchev–Trinajstić information content (AvgIpc) is 2.47. The molecule has 1 heterocycles. The zero-order valence-corrected chi connectivity index (χ0v) is 10.8. The summed E-state index contributed by atoms with van der Waals surface area (Å²) in [5.74, 6) is -0.366. The van der Waals surface area contributed by atoms with E-state index in [1.54, 1.807) is 24.3 Å². The van der Waals surface area contributed by atoms with E-state index in [-0.39, 0.29) is 17.4 Å². The van der Waals surface area contributed by atoms with Gasteiger partial charge < -0.3 is 5.32 Å². The smallest absolute Gasteiger partial charge is 0.255 e. The van der Waals surface area contributed by atoms with Gasteiger partial charge in [-0.1, -0.05) is 0 Å². The lowest BCUT2D eigenvalue weighted by molar-refractivity contribution is 0.101. The summed E-state index contributed by atoms with van der Waals surface area (Å²) in [6, 6.07) is 11.4. The fourth-order valence-corrected chi connectivity index (χ4v) is 1.62. The number of amides is 1. The van der Waals surface area contributed by atoms with Crippen LogP contribution in [0.25, 0.3) is 0 Å². The van der Waals surface area contributed by atoms with Crippen molar-refractivity contribution in [3.8, 4) is 6.07 Å². The lowest BCUT2D eigenvalue weighted by atomic mass is 10.1. The van der Waals surface area contributed by atoms with E-state index < -0.39 is 0 Å². The van der Waals surface area contributed by atoms with Gasteiger partial charge in [0.25, 0.3) is 5.91 Å². The van der Waals surface area contributed by atoms with Crippen LogP contribution in [-0.4, -0.2) is 16.7 Å². The molecule has 1 aromatic heterocycles. The number of rotatable bonds is 3. The summed E-state index contributed by atoms with van der Waals surface area (Å²) in [4.78, 5) is 26.9. The maximum Gasteiger partial charge on any atom is 0.255 e. The Kier molecular flexibility index (Phi) is 3.87. The van der Waals surface area contributed by atoms with Crippen LogP contribution in [0, 0.1) is 11.3 Å². The number of aromatic nitrogens is 1. The molecule has 0 aliphatic heterocycles. The van der Waals surface area contributed by atoms with E-state index in [4.69, 9.17) is 5.26 Å². The van der Waals surface area contributed by atoms with Crippen LogP contribution in [-0.2, 0) is 0 Å². The van der Waals surface area contributed by atoms with Crippen LogP contribution in [0.3, 0.4) is 0 Å². The van der Waals surface area contributed by atoms with Gasteiger partial charge in [0.05, 0.1) is 0 Å². The normalized spacial score (nSPS) is 9.60.